The van der Waals surface area contributed by atoms with Crippen molar-refractivity contribution in [1.29, 1.82) is 0 Å². The van der Waals surface area contributed by atoms with E-state index in [1.807, 2.05) is 32.0 Å². The van der Waals surface area contributed by atoms with Gasteiger partial charge in [-0.2, -0.15) is 0 Å². The first-order valence-electron chi connectivity index (χ1n) is 12.6. The highest BCUT2D eigenvalue weighted by Gasteiger charge is 2.34. The first-order valence-corrected chi connectivity index (χ1v) is 13.0. The molecule has 10 heteroatoms. The molecule has 3 amide bonds. The topological polar surface area (TPSA) is 113 Å². The van der Waals surface area contributed by atoms with E-state index in [1.165, 1.54) is 11.0 Å². The monoisotopic (exact) mass is 530 g/mol. The van der Waals surface area contributed by atoms with Gasteiger partial charge in [-0.05, 0) is 49.2 Å². The number of halogens is 1. The van der Waals surface area contributed by atoms with E-state index in [2.05, 4.69) is 10.2 Å². The Bertz CT molecular complexity index is 1080. The van der Waals surface area contributed by atoms with Crippen LogP contribution in [0.3, 0.4) is 0 Å². The molecule has 0 spiro atoms. The van der Waals surface area contributed by atoms with Crippen LogP contribution in [0.4, 0.5) is 11.4 Å². The lowest BCUT2D eigenvalue weighted by molar-refractivity contribution is -0.151. The molecule has 37 heavy (non-hydrogen) atoms. The molecular weight excluding hydrogens is 496 g/mol. The highest BCUT2D eigenvalue weighted by atomic mass is 35.5. The van der Waals surface area contributed by atoms with Crippen LogP contribution in [0.15, 0.2) is 48.5 Å². The number of nitrogens with one attached hydrogen (secondary N) is 1. The van der Waals surface area contributed by atoms with Crippen molar-refractivity contribution in [3.8, 4) is 0 Å². The maximum absolute atomic E-state index is 12.9. The minimum absolute atomic E-state index is 0.146. The molecule has 0 aromatic heterocycles. The molecule has 1 aliphatic heterocycles. The lowest BCUT2D eigenvalue weighted by Crippen LogP contribution is -2.55. The Morgan fingerprint density at radius 2 is 1.59 bits per heavy atom. The van der Waals surface area contributed by atoms with Gasteiger partial charge in [0.2, 0.25) is 0 Å². The summed E-state index contributed by atoms with van der Waals surface area (Å²) in [6.45, 7) is 6.96. The van der Waals surface area contributed by atoms with E-state index in [4.69, 9.17) is 11.6 Å². The molecule has 3 N–H and O–H groups in total. The smallest absolute Gasteiger partial charge is 0.256 e. The predicted octanol–water partition coefficient (Wildman–Crippen LogP) is 2.61. The summed E-state index contributed by atoms with van der Waals surface area (Å²) in [7, 11) is 0. The number of nitrogens with zero attached hydrogens (tertiary/aromatic N) is 3. The summed E-state index contributed by atoms with van der Waals surface area (Å²) in [4.78, 5) is 43.5. The van der Waals surface area contributed by atoms with Crippen LogP contribution in [0.5, 0.6) is 0 Å². The fraction of sp³-hybridized carbons (Fsp3) is 0.444. The zero-order valence-corrected chi connectivity index (χ0v) is 22.0. The quantitative estimate of drug-likeness (QED) is 0.435. The summed E-state index contributed by atoms with van der Waals surface area (Å²) in [5.74, 6) is -1.79. The van der Waals surface area contributed by atoms with Crippen molar-refractivity contribution in [1.82, 2.24) is 9.80 Å². The second-order valence-electron chi connectivity index (χ2n) is 9.04. The zero-order valence-electron chi connectivity index (χ0n) is 21.3. The predicted molar refractivity (Wildman–Crippen MR) is 144 cm³/mol. The van der Waals surface area contributed by atoms with Crippen molar-refractivity contribution in [3.05, 3.63) is 59.1 Å². The second kappa shape index (κ2) is 13.4. The Kier molecular flexibility index (Phi) is 10.3. The molecule has 0 radical (unpaired) electrons. The molecule has 200 valence electrons. The van der Waals surface area contributed by atoms with Crippen molar-refractivity contribution < 1.29 is 24.6 Å². The van der Waals surface area contributed by atoms with Crippen LogP contribution in [0.25, 0.3) is 0 Å². The minimum atomic E-state index is -1.96. The molecule has 1 aliphatic rings. The molecule has 0 bridgehead atoms. The van der Waals surface area contributed by atoms with Gasteiger partial charge in [0.1, 0.15) is 0 Å². The maximum atomic E-state index is 12.9. The largest absolute Gasteiger partial charge is 0.380 e. The number of hydrogen-bond acceptors (Lipinski definition) is 6. The van der Waals surface area contributed by atoms with Gasteiger partial charge in [0.15, 0.2) is 12.2 Å². The zero-order chi connectivity index (χ0) is 26.9. The summed E-state index contributed by atoms with van der Waals surface area (Å²) < 4.78 is 0. The molecule has 9 nitrogen and oxygen atoms in total. The van der Waals surface area contributed by atoms with E-state index in [1.54, 1.807) is 29.2 Å². The molecule has 0 saturated carbocycles. The summed E-state index contributed by atoms with van der Waals surface area (Å²) in [6.07, 6.45) is -2.21. The molecule has 0 unspecified atom stereocenters. The fourth-order valence-corrected chi connectivity index (χ4v) is 4.49. The molecule has 1 fully saturated rings. The van der Waals surface area contributed by atoms with Gasteiger partial charge in [0, 0.05) is 61.2 Å². The average Bonchev–Trinajstić information content (AvgIpc) is 2.91. The van der Waals surface area contributed by atoms with Crippen LogP contribution >= 0.6 is 11.6 Å². The van der Waals surface area contributed by atoms with Crippen molar-refractivity contribution in [2.75, 3.05) is 49.5 Å². The Hall–Kier alpha value is -3.14. The van der Waals surface area contributed by atoms with Crippen molar-refractivity contribution in [2.45, 2.75) is 38.9 Å². The summed E-state index contributed by atoms with van der Waals surface area (Å²) in [5, 5.41) is 24.0. The summed E-state index contributed by atoms with van der Waals surface area (Å²) >= 11 is 6.06. The van der Waals surface area contributed by atoms with Gasteiger partial charge in [-0.1, -0.05) is 37.6 Å². The fourth-order valence-electron chi connectivity index (χ4n) is 4.31. The molecule has 1 heterocycles. The third-order valence-corrected chi connectivity index (χ3v) is 6.47. The van der Waals surface area contributed by atoms with Gasteiger partial charge >= 0.3 is 0 Å². The van der Waals surface area contributed by atoms with Gasteiger partial charge in [0.05, 0.1) is 0 Å². The first-order chi connectivity index (χ1) is 17.7. The van der Waals surface area contributed by atoms with Crippen LogP contribution in [0.2, 0.25) is 5.02 Å². The summed E-state index contributed by atoms with van der Waals surface area (Å²) in [5.41, 5.74) is 1.63. The van der Waals surface area contributed by atoms with E-state index in [0.29, 0.717) is 49.9 Å². The van der Waals surface area contributed by atoms with E-state index in [9.17, 15) is 24.6 Å². The van der Waals surface area contributed by atoms with Crippen molar-refractivity contribution in [3.63, 3.8) is 0 Å². The van der Waals surface area contributed by atoms with Crippen molar-refractivity contribution >= 4 is 40.7 Å². The van der Waals surface area contributed by atoms with E-state index < -0.39 is 24.0 Å². The molecule has 3 rings (SSSR count). The van der Waals surface area contributed by atoms with E-state index in [0.717, 1.165) is 18.5 Å². The number of benzene rings is 2. The van der Waals surface area contributed by atoms with Crippen LogP contribution in [-0.4, -0.2) is 89.2 Å². The minimum Gasteiger partial charge on any atom is -0.380 e. The van der Waals surface area contributed by atoms with Gasteiger partial charge in [-0.25, -0.2) is 0 Å². The van der Waals surface area contributed by atoms with E-state index >= 15 is 0 Å². The number of anilines is 2. The number of amides is 3. The van der Waals surface area contributed by atoms with Gasteiger partial charge in [0.25, 0.3) is 17.7 Å². The Morgan fingerprint density at radius 3 is 2.22 bits per heavy atom. The number of piperazine rings is 1. The maximum Gasteiger partial charge on any atom is 0.256 e. The molecule has 2 aromatic rings. The van der Waals surface area contributed by atoms with Crippen LogP contribution in [0, 0.1) is 0 Å². The lowest BCUT2D eigenvalue weighted by Gasteiger charge is -2.37. The highest BCUT2D eigenvalue weighted by Crippen LogP contribution is 2.21. The summed E-state index contributed by atoms with van der Waals surface area (Å²) in [6, 6.07) is 13.8. The van der Waals surface area contributed by atoms with Crippen molar-refractivity contribution in [2.24, 2.45) is 0 Å². The Morgan fingerprint density at radius 1 is 0.946 bits per heavy atom. The number of hydrogen-bond donors (Lipinski definition) is 3. The number of aliphatic hydroxyl groups is 2. The first kappa shape index (κ1) is 28.4. The number of rotatable bonds is 10. The second-order valence-corrected chi connectivity index (χ2v) is 9.48. The SMILES string of the molecule is CCCN(CCC)C(=O)c1cccc(NC(=O)[C@H](O)[C@@H](O)C(=O)N2CCN(c3cccc(Cl)c3)CC2)c1. The molecule has 2 aromatic carbocycles. The number of carbonyl (C=O) groups is 3. The van der Waals surface area contributed by atoms with Crippen LogP contribution < -0.4 is 10.2 Å². The van der Waals surface area contributed by atoms with Crippen LogP contribution in [0.1, 0.15) is 37.0 Å². The van der Waals surface area contributed by atoms with Gasteiger partial charge in [-0.3, -0.25) is 14.4 Å². The standard InChI is InChI=1S/C27H35ClN4O5/c1-3-11-31(12-4-2)26(36)19-7-5-9-21(17-19)29-25(35)23(33)24(34)27(37)32-15-13-30(14-16-32)22-10-6-8-20(28)18-22/h5-10,17-18,23-24,33-34H,3-4,11-16H2,1-2H3,(H,29,35)/t23-,24-/m1/s1. The molecule has 0 aliphatic carbocycles. The molecule has 1 saturated heterocycles. The van der Waals surface area contributed by atoms with Gasteiger partial charge in [-0.15, -0.1) is 0 Å². The third kappa shape index (κ3) is 7.44. The highest BCUT2D eigenvalue weighted by molar-refractivity contribution is 6.30. The Labute approximate surface area is 222 Å². The molecule has 2 atom stereocenters. The lowest BCUT2D eigenvalue weighted by atomic mass is 10.1. The third-order valence-electron chi connectivity index (χ3n) is 6.24. The van der Waals surface area contributed by atoms with Gasteiger partial charge < -0.3 is 30.2 Å². The van der Waals surface area contributed by atoms with E-state index in [-0.39, 0.29) is 11.6 Å². The normalized spacial score (nSPS) is 15.2. The number of carbonyl (C=O) groups excluding carboxylic acids is 3. The Balaban J connectivity index is 1.57. The number of aliphatic hydroxyl groups excluding tert-OH is 2. The average molecular weight is 531 g/mol. The van der Waals surface area contributed by atoms with Crippen LogP contribution in [-0.2, 0) is 9.59 Å². The molecular formula is C27H35ClN4O5.